The van der Waals surface area contributed by atoms with Gasteiger partial charge in [0.15, 0.2) is 0 Å². The van der Waals surface area contributed by atoms with Gasteiger partial charge in [-0.3, -0.25) is 4.79 Å². The van der Waals surface area contributed by atoms with Crippen molar-refractivity contribution in [3.8, 4) is 5.75 Å². The predicted molar refractivity (Wildman–Crippen MR) is 73.8 cm³/mol. The Morgan fingerprint density at radius 1 is 1.39 bits per heavy atom. The Hall–Kier alpha value is -1.07. The van der Waals surface area contributed by atoms with E-state index in [1.165, 1.54) is 18.9 Å². The highest BCUT2D eigenvalue weighted by Crippen LogP contribution is 2.22. The van der Waals surface area contributed by atoms with Gasteiger partial charge in [-0.25, -0.2) is 0 Å². The minimum Gasteiger partial charge on any atom is -0.507 e. The summed E-state index contributed by atoms with van der Waals surface area (Å²) in [7, 11) is 0. The van der Waals surface area contributed by atoms with Crippen molar-refractivity contribution in [3.63, 3.8) is 0 Å². The van der Waals surface area contributed by atoms with E-state index in [0.717, 1.165) is 17.4 Å². The highest BCUT2D eigenvalue weighted by Gasteiger charge is 2.19. The minimum absolute atomic E-state index is 0.00187. The molecule has 0 unspecified atom stereocenters. The van der Waals surface area contributed by atoms with E-state index >= 15 is 0 Å². The van der Waals surface area contributed by atoms with Crippen molar-refractivity contribution >= 4 is 21.8 Å². The molecular formula is C13H17BrN2O2. The number of phenols is 1. The summed E-state index contributed by atoms with van der Waals surface area (Å²) in [6.45, 7) is 1.55. The lowest BCUT2D eigenvalue weighted by Crippen LogP contribution is -2.28. The molecule has 1 saturated carbocycles. The number of rotatable bonds is 6. The largest absolute Gasteiger partial charge is 0.507 e. The average molecular weight is 313 g/mol. The first-order valence-corrected chi connectivity index (χ1v) is 6.96. The smallest absolute Gasteiger partial charge is 0.255 e. The molecular weight excluding hydrogens is 296 g/mol. The molecule has 5 heteroatoms. The Bertz CT molecular complexity index is 433. The summed E-state index contributed by atoms with van der Waals surface area (Å²) in [5, 5.41) is 15.8. The lowest BCUT2D eigenvalue weighted by molar-refractivity contribution is 0.0950. The van der Waals surface area contributed by atoms with Gasteiger partial charge in [-0.05, 0) is 44.0 Å². The fourth-order valence-corrected chi connectivity index (χ4v) is 2.02. The lowest BCUT2D eigenvalue weighted by atomic mass is 10.2. The zero-order valence-electron chi connectivity index (χ0n) is 10.1. The van der Waals surface area contributed by atoms with E-state index in [1.807, 2.05) is 0 Å². The van der Waals surface area contributed by atoms with Crippen molar-refractivity contribution in [1.29, 1.82) is 0 Å². The van der Waals surface area contributed by atoms with Crippen molar-refractivity contribution in [2.75, 3.05) is 13.1 Å². The van der Waals surface area contributed by atoms with Gasteiger partial charge in [0.05, 0.1) is 5.56 Å². The molecule has 0 atom stereocenters. The van der Waals surface area contributed by atoms with Gasteiger partial charge >= 0.3 is 0 Å². The SMILES string of the molecule is O=C(NCCCNC1CC1)c1ccc(Br)cc1O. The van der Waals surface area contributed by atoms with E-state index in [0.29, 0.717) is 18.2 Å². The van der Waals surface area contributed by atoms with Crippen LogP contribution >= 0.6 is 15.9 Å². The molecule has 1 aliphatic carbocycles. The Labute approximate surface area is 115 Å². The van der Waals surface area contributed by atoms with Crippen LogP contribution in [0.2, 0.25) is 0 Å². The molecule has 1 fully saturated rings. The molecule has 0 saturated heterocycles. The molecule has 3 N–H and O–H groups in total. The monoisotopic (exact) mass is 312 g/mol. The standard InChI is InChI=1S/C13H17BrN2O2/c14-9-2-5-11(12(17)8-9)13(18)16-7-1-6-15-10-3-4-10/h2,5,8,10,15,17H,1,3-4,6-7H2,(H,16,18). The first kappa shape index (κ1) is 13.4. The fraction of sp³-hybridized carbons (Fsp3) is 0.462. The fourth-order valence-electron chi connectivity index (χ4n) is 1.68. The molecule has 0 aromatic heterocycles. The quantitative estimate of drug-likeness (QED) is 0.704. The minimum atomic E-state index is -0.230. The van der Waals surface area contributed by atoms with Crippen molar-refractivity contribution in [3.05, 3.63) is 28.2 Å². The summed E-state index contributed by atoms with van der Waals surface area (Å²) < 4.78 is 0.755. The van der Waals surface area contributed by atoms with Crippen LogP contribution in [0.15, 0.2) is 22.7 Å². The molecule has 0 aliphatic heterocycles. The topological polar surface area (TPSA) is 61.4 Å². The Kier molecular flexibility index (Phi) is 4.60. The first-order valence-electron chi connectivity index (χ1n) is 6.17. The van der Waals surface area contributed by atoms with Crippen LogP contribution in [0.5, 0.6) is 5.75 Å². The third-order valence-electron chi connectivity index (χ3n) is 2.85. The van der Waals surface area contributed by atoms with Gasteiger partial charge < -0.3 is 15.7 Å². The van der Waals surface area contributed by atoms with E-state index in [-0.39, 0.29) is 11.7 Å². The lowest BCUT2D eigenvalue weighted by Gasteiger charge is -2.07. The highest BCUT2D eigenvalue weighted by atomic mass is 79.9. The number of hydrogen-bond donors (Lipinski definition) is 3. The number of carbonyl (C=O) groups is 1. The van der Waals surface area contributed by atoms with Crippen molar-refractivity contribution < 1.29 is 9.90 Å². The summed E-state index contributed by atoms with van der Waals surface area (Å²) in [6, 6.07) is 5.57. The van der Waals surface area contributed by atoms with Crippen molar-refractivity contribution in [2.45, 2.75) is 25.3 Å². The second-order valence-corrected chi connectivity index (χ2v) is 5.41. The molecule has 4 nitrogen and oxygen atoms in total. The second kappa shape index (κ2) is 6.20. The third-order valence-corrected chi connectivity index (χ3v) is 3.35. The maximum Gasteiger partial charge on any atom is 0.255 e. The molecule has 1 amide bonds. The summed E-state index contributed by atoms with van der Waals surface area (Å²) in [5.74, 6) is -0.232. The normalized spacial score (nSPS) is 14.5. The number of carbonyl (C=O) groups excluding carboxylic acids is 1. The van der Waals surface area contributed by atoms with Crippen molar-refractivity contribution in [2.24, 2.45) is 0 Å². The van der Waals surface area contributed by atoms with Crippen LogP contribution in [0, 0.1) is 0 Å². The van der Waals surface area contributed by atoms with E-state index in [1.54, 1.807) is 12.1 Å². The molecule has 0 heterocycles. The third kappa shape index (κ3) is 3.99. The summed E-state index contributed by atoms with van der Waals surface area (Å²) >= 11 is 3.24. The number of amides is 1. The van der Waals surface area contributed by atoms with Crippen LogP contribution in [0.25, 0.3) is 0 Å². The zero-order chi connectivity index (χ0) is 13.0. The van der Waals surface area contributed by atoms with Crippen LogP contribution in [-0.4, -0.2) is 30.1 Å². The molecule has 1 aliphatic rings. The summed E-state index contributed by atoms with van der Waals surface area (Å²) in [5.41, 5.74) is 0.313. The number of hydrogen-bond acceptors (Lipinski definition) is 3. The van der Waals surface area contributed by atoms with Gasteiger partial charge in [-0.2, -0.15) is 0 Å². The van der Waals surface area contributed by atoms with Crippen LogP contribution in [0.1, 0.15) is 29.6 Å². The number of nitrogens with one attached hydrogen (secondary N) is 2. The van der Waals surface area contributed by atoms with Gasteiger partial charge in [0.1, 0.15) is 5.75 Å². The van der Waals surface area contributed by atoms with Crippen LogP contribution < -0.4 is 10.6 Å². The molecule has 18 heavy (non-hydrogen) atoms. The second-order valence-electron chi connectivity index (χ2n) is 4.50. The Balaban J connectivity index is 1.72. The van der Waals surface area contributed by atoms with Gasteiger partial charge in [-0.15, -0.1) is 0 Å². The maximum absolute atomic E-state index is 11.8. The Morgan fingerprint density at radius 3 is 2.83 bits per heavy atom. The Morgan fingerprint density at radius 2 is 2.17 bits per heavy atom. The summed E-state index contributed by atoms with van der Waals surface area (Å²) in [6.07, 6.45) is 3.46. The average Bonchev–Trinajstić information content (AvgIpc) is 3.12. The molecule has 1 aromatic rings. The maximum atomic E-state index is 11.8. The van der Waals surface area contributed by atoms with Crippen molar-refractivity contribution in [1.82, 2.24) is 10.6 Å². The van der Waals surface area contributed by atoms with Gasteiger partial charge in [-0.1, -0.05) is 15.9 Å². The zero-order valence-corrected chi connectivity index (χ0v) is 11.7. The first-order chi connectivity index (χ1) is 8.66. The molecule has 0 radical (unpaired) electrons. The molecule has 98 valence electrons. The van der Waals surface area contributed by atoms with Crippen LogP contribution in [-0.2, 0) is 0 Å². The number of halogens is 1. The van der Waals surface area contributed by atoms with E-state index < -0.39 is 0 Å². The molecule has 1 aromatic carbocycles. The van der Waals surface area contributed by atoms with E-state index in [2.05, 4.69) is 26.6 Å². The summed E-state index contributed by atoms with van der Waals surface area (Å²) in [4.78, 5) is 11.8. The van der Waals surface area contributed by atoms with Gasteiger partial charge in [0.25, 0.3) is 5.91 Å². The molecule has 0 bridgehead atoms. The van der Waals surface area contributed by atoms with E-state index in [4.69, 9.17) is 0 Å². The van der Waals surface area contributed by atoms with E-state index in [9.17, 15) is 9.90 Å². The number of benzene rings is 1. The molecule has 0 spiro atoms. The predicted octanol–water partition coefficient (Wildman–Crippen LogP) is 2.03. The van der Waals surface area contributed by atoms with Gasteiger partial charge in [0.2, 0.25) is 0 Å². The number of aromatic hydroxyl groups is 1. The molecule has 2 rings (SSSR count). The van der Waals surface area contributed by atoms with Gasteiger partial charge in [0, 0.05) is 17.1 Å². The number of phenolic OH excluding ortho intramolecular Hbond substituents is 1. The van der Waals surface area contributed by atoms with Crippen LogP contribution in [0.4, 0.5) is 0 Å². The highest BCUT2D eigenvalue weighted by molar-refractivity contribution is 9.10. The van der Waals surface area contributed by atoms with Crippen LogP contribution in [0.3, 0.4) is 0 Å².